The SMILES string of the molecule is CCNC(=NCC(c1ccccc1)N(CC)CC)N1CCC(CC(=O)NC)CC1. The molecule has 0 saturated carbocycles. The first kappa shape index (κ1) is 23.2. The smallest absolute Gasteiger partial charge is 0.220 e. The first-order valence-corrected chi connectivity index (χ1v) is 11.2. The molecule has 162 valence electrons. The molecule has 1 atom stereocenters. The number of piperidine rings is 1. The highest BCUT2D eigenvalue weighted by Crippen LogP contribution is 2.23. The highest BCUT2D eigenvalue weighted by Gasteiger charge is 2.24. The molecule has 1 aliphatic heterocycles. The van der Waals surface area contributed by atoms with Crippen molar-refractivity contribution in [1.82, 2.24) is 20.4 Å². The van der Waals surface area contributed by atoms with Gasteiger partial charge in [-0.1, -0.05) is 44.2 Å². The second-order valence-electron chi connectivity index (χ2n) is 7.65. The summed E-state index contributed by atoms with van der Waals surface area (Å²) in [5.74, 6) is 1.62. The van der Waals surface area contributed by atoms with Gasteiger partial charge in [-0.05, 0) is 44.3 Å². The minimum absolute atomic E-state index is 0.147. The van der Waals surface area contributed by atoms with Crippen LogP contribution in [0.25, 0.3) is 0 Å². The number of nitrogens with zero attached hydrogens (tertiary/aromatic N) is 3. The lowest BCUT2D eigenvalue weighted by molar-refractivity contribution is -0.121. The number of likely N-dealkylation sites (tertiary alicyclic amines) is 1. The Hall–Kier alpha value is -2.08. The lowest BCUT2D eigenvalue weighted by Crippen LogP contribution is -2.46. The van der Waals surface area contributed by atoms with E-state index in [1.807, 2.05) is 0 Å². The Morgan fingerprint density at radius 3 is 2.38 bits per heavy atom. The Morgan fingerprint density at radius 2 is 1.83 bits per heavy atom. The van der Waals surface area contributed by atoms with Crippen molar-refractivity contribution in [1.29, 1.82) is 0 Å². The van der Waals surface area contributed by atoms with Gasteiger partial charge < -0.3 is 15.5 Å². The quantitative estimate of drug-likeness (QED) is 0.493. The number of guanidine groups is 1. The maximum absolute atomic E-state index is 11.7. The molecule has 0 spiro atoms. The fraction of sp³-hybridized carbons (Fsp3) is 0.652. The molecule has 1 fully saturated rings. The van der Waals surface area contributed by atoms with Crippen molar-refractivity contribution in [2.45, 2.75) is 46.1 Å². The van der Waals surface area contributed by atoms with Crippen LogP contribution in [0, 0.1) is 5.92 Å². The van der Waals surface area contributed by atoms with Gasteiger partial charge in [0.05, 0.1) is 12.6 Å². The van der Waals surface area contributed by atoms with Crippen LogP contribution in [0.15, 0.2) is 35.3 Å². The van der Waals surface area contributed by atoms with Crippen molar-refractivity contribution in [3.05, 3.63) is 35.9 Å². The summed E-state index contributed by atoms with van der Waals surface area (Å²) < 4.78 is 0. The summed E-state index contributed by atoms with van der Waals surface area (Å²) >= 11 is 0. The largest absolute Gasteiger partial charge is 0.359 e. The molecule has 1 aliphatic rings. The van der Waals surface area contributed by atoms with Gasteiger partial charge in [0.1, 0.15) is 0 Å². The molecule has 6 heteroatoms. The summed E-state index contributed by atoms with van der Waals surface area (Å²) in [5, 5.41) is 6.22. The molecule has 1 aromatic carbocycles. The Labute approximate surface area is 176 Å². The van der Waals surface area contributed by atoms with Gasteiger partial charge in [0.15, 0.2) is 5.96 Å². The third-order valence-electron chi connectivity index (χ3n) is 5.85. The minimum atomic E-state index is 0.147. The van der Waals surface area contributed by atoms with Gasteiger partial charge in [0.25, 0.3) is 0 Å². The number of carbonyl (C=O) groups is 1. The molecular weight excluding hydrogens is 362 g/mol. The predicted octanol–water partition coefficient (Wildman–Crippen LogP) is 2.88. The second kappa shape index (κ2) is 12.5. The second-order valence-corrected chi connectivity index (χ2v) is 7.65. The van der Waals surface area contributed by atoms with E-state index in [0.29, 0.717) is 12.3 Å². The molecule has 1 saturated heterocycles. The van der Waals surface area contributed by atoms with Crippen molar-refractivity contribution < 1.29 is 4.79 Å². The van der Waals surface area contributed by atoms with Gasteiger partial charge in [-0.2, -0.15) is 0 Å². The third-order valence-corrected chi connectivity index (χ3v) is 5.85. The number of nitrogens with one attached hydrogen (secondary N) is 2. The zero-order chi connectivity index (χ0) is 21.1. The van der Waals surface area contributed by atoms with Crippen LogP contribution >= 0.6 is 0 Å². The fourth-order valence-corrected chi connectivity index (χ4v) is 4.08. The van der Waals surface area contributed by atoms with Crippen LogP contribution in [0.4, 0.5) is 0 Å². The third kappa shape index (κ3) is 7.03. The molecule has 1 heterocycles. The van der Waals surface area contributed by atoms with Gasteiger partial charge in [-0.25, -0.2) is 0 Å². The van der Waals surface area contributed by atoms with E-state index >= 15 is 0 Å². The predicted molar refractivity (Wildman–Crippen MR) is 121 cm³/mol. The van der Waals surface area contributed by atoms with E-state index in [1.54, 1.807) is 7.05 Å². The number of amides is 1. The Balaban J connectivity index is 2.07. The van der Waals surface area contributed by atoms with E-state index in [1.165, 1.54) is 5.56 Å². The number of aliphatic imine (C=N–C) groups is 1. The maximum Gasteiger partial charge on any atom is 0.220 e. The molecule has 6 nitrogen and oxygen atoms in total. The van der Waals surface area contributed by atoms with E-state index in [9.17, 15) is 4.79 Å². The summed E-state index contributed by atoms with van der Waals surface area (Å²) in [6.07, 6.45) is 2.71. The first-order chi connectivity index (χ1) is 14.1. The lowest BCUT2D eigenvalue weighted by atomic mass is 9.93. The molecule has 2 N–H and O–H groups in total. The van der Waals surface area contributed by atoms with Crippen molar-refractivity contribution in [2.24, 2.45) is 10.9 Å². The van der Waals surface area contributed by atoms with Crippen molar-refractivity contribution >= 4 is 11.9 Å². The van der Waals surface area contributed by atoms with Gasteiger partial charge in [0, 0.05) is 33.1 Å². The van der Waals surface area contributed by atoms with E-state index in [-0.39, 0.29) is 11.9 Å². The van der Waals surface area contributed by atoms with Gasteiger partial charge in [-0.15, -0.1) is 0 Å². The first-order valence-electron chi connectivity index (χ1n) is 11.2. The summed E-state index contributed by atoms with van der Waals surface area (Å²) in [5.41, 5.74) is 1.32. The van der Waals surface area contributed by atoms with E-state index in [2.05, 4.69) is 71.5 Å². The molecule has 0 radical (unpaired) electrons. The standard InChI is InChI=1S/C23H39N5O/c1-5-25-23(28-15-13-19(14-16-28)17-22(29)24-4)26-18-21(27(6-2)7-3)20-11-9-8-10-12-20/h8-12,19,21H,5-7,13-18H2,1-4H3,(H,24,29)(H,25,26). The molecule has 0 bridgehead atoms. The van der Waals surface area contributed by atoms with Crippen molar-refractivity contribution in [2.75, 3.05) is 46.3 Å². The van der Waals surface area contributed by atoms with E-state index in [0.717, 1.165) is 58.1 Å². The summed E-state index contributed by atoms with van der Waals surface area (Å²) in [6, 6.07) is 11.0. The molecule has 29 heavy (non-hydrogen) atoms. The average Bonchev–Trinajstić information content (AvgIpc) is 2.77. The van der Waals surface area contributed by atoms with Gasteiger partial charge >= 0.3 is 0 Å². The highest BCUT2D eigenvalue weighted by atomic mass is 16.1. The molecule has 0 aliphatic carbocycles. The monoisotopic (exact) mass is 401 g/mol. The normalized spacial score (nSPS) is 16.7. The van der Waals surface area contributed by atoms with Gasteiger partial charge in [0.2, 0.25) is 5.91 Å². The van der Waals surface area contributed by atoms with Gasteiger partial charge in [-0.3, -0.25) is 14.7 Å². The van der Waals surface area contributed by atoms with Crippen molar-refractivity contribution in [3.63, 3.8) is 0 Å². The van der Waals surface area contributed by atoms with E-state index in [4.69, 9.17) is 4.99 Å². The Kier molecular flexibility index (Phi) is 9.98. The van der Waals surface area contributed by atoms with Crippen LogP contribution in [0.3, 0.4) is 0 Å². The Bertz CT molecular complexity index is 621. The van der Waals surface area contributed by atoms with E-state index < -0.39 is 0 Å². The van der Waals surface area contributed by atoms with Crippen LogP contribution in [0.5, 0.6) is 0 Å². The summed E-state index contributed by atoms with van der Waals surface area (Å²) in [4.78, 5) is 21.5. The summed E-state index contributed by atoms with van der Waals surface area (Å²) in [6.45, 7) is 12.1. The van der Waals surface area contributed by atoms with Crippen molar-refractivity contribution in [3.8, 4) is 0 Å². The average molecular weight is 402 g/mol. The van der Waals surface area contributed by atoms with Crippen LogP contribution in [-0.2, 0) is 4.79 Å². The van der Waals surface area contributed by atoms with Crippen LogP contribution in [-0.4, -0.2) is 68.0 Å². The maximum atomic E-state index is 11.7. The number of rotatable bonds is 9. The number of hydrogen-bond acceptors (Lipinski definition) is 3. The highest BCUT2D eigenvalue weighted by molar-refractivity contribution is 5.80. The molecule has 1 unspecified atom stereocenters. The topological polar surface area (TPSA) is 60.0 Å². The number of likely N-dealkylation sites (N-methyl/N-ethyl adjacent to an activating group) is 1. The van der Waals surface area contributed by atoms with Crippen LogP contribution < -0.4 is 10.6 Å². The molecule has 1 amide bonds. The molecule has 1 aromatic rings. The fourth-order valence-electron chi connectivity index (χ4n) is 4.08. The number of carbonyl (C=O) groups excluding carboxylic acids is 1. The molecule has 2 rings (SSSR count). The zero-order valence-electron chi connectivity index (χ0n) is 18.7. The molecular formula is C23H39N5O. The number of benzene rings is 1. The van der Waals surface area contributed by atoms with Crippen LogP contribution in [0.1, 0.15) is 51.6 Å². The summed E-state index contributed by atoms with van der Waals surface area (Å²) in [7, 11) is 1.71. The Morgan fingerprint density at radius 1 is 1.17 bits per heavy atom. The minimum Gasteiger partial charge on any atom is -0.359 e. The zero-order valence-corrected chi connectivity index (χ0v) is 18.7. The molecule has 0 aromatic heterocycles. The number of hydrogen-bond donors (Lipinski definition) is 2. The lowest BCUT2D eigenvalue weighted by Gasteiger charge is -2.35. The van der Waals surface area contributed by atoms with Crippen LogP contribution in [0.2, 0.25) is 0 Å².